The maximum atomic E-state index is 13.7. The van der Waals surface area contributed by atoms with Crippen LogP contribution >= 0.6 is 0 Å². The van der Waals surface area contributed by atoms with Crippen molar-refractivity contribution in [3.05, 3.63) is 34.9 Å². The van der Waals surface area contributed by atoms with Crippen LogP contribution < -0.4 is 5.32 Å². The number of hydrogen-bond donors (Lipinski definition) is 2. The third kappa shape index (κ3) is 2.70. The number of benzene rings is 1. The quantitative estimate of drug-likeness (QED) is 0.848. The molecule has 100 valence electrons. The molecule has 1 aromatic carbocycles. The molecule has 2 rings (SSSR count). The monoisotopic (exact) mass is 255 g/mol. The number of rotatable bonds is 5. The molecule has 2 nitrogen and oxygen atoms in total. The minimum atomic E-state index is -0.386. The number of aliphatic hydroxyl groups excluding tert-OH is 1. The highest BCUT2D eigenvalue weighted by Crippen LogP contribution is 2.44. The summed E-state index contributed by atoms with van der Waals surface area (Å²) in [6.45, 7) is 4.14. The average Bonchev–Trinajstić information content (AvgIpc) is 3.11. The van der Waals surface area contributed by atoms with Crippen LogP contribution in [0.5, 0.6) is 0 Å². The first kappa shape index (κ1) is 13.4. The Balaban J connectivity index is 2.04. The smallest absolute Gasteiger partial charge is 0.128 e. The van der Waals surface area contributed by atoms with Crippen molar-refractivity contribution in [3.63, 3.8) is 0 Å². The highest BCUT2D eigenvalue weighted by molar-refractivity contribution is 5.27. The van der Waals surface area contributed by atoms with Crippen molar-refractivity contribution >= 4 is 0 Å². The summed E-state index contributed by atoms with van der Waals surface area (Å²) >= 11 is 0. The number of hydrogen-bond acceptors (Lipinski definition) is 2. The molecule has 0 saturated heterocycles. The predicted molar refractivity (Wildman–Crippen MR) is 66.3 cm³/mol. The van der Waals surface area contributed by atoms with Gasteiger partial charge in [-0.05, 0) is 44.4 Å². The molecule has 0 bridgehead atoms. The molecule has 0 aliphatic heterocycles. The van der Waals surface area contributed by atoms with Crippen LogP contribution in [-0.4, -0.2) is 18.3 Å². The minimum absolute atomic E-state index is 0.0338. The first-order valence-electron chi connectivity index (χ1n) is 6.27. The Morgan fingerprint density at radius 3 is 2.56 bits per heavy atom. The molecule has 1 saturated carbocycles. The largest absolute Gasteiger partial charge is 0.396 e. The fourth-order valence-corrected chi connectivity index (χ4v) is 2.04. The SMILES string of the molecule is Cc1cc(F)c(C(C)NCC2(CO)CC2)cc1F. The average molecular weight is 255 g/mol. The third-order valence-electron chi connectivity index (χ3n) is 3.82. The maximum Gasteiger partial charge on any atom is 0.128 e. The second-order valence-electron chi connectivity index (χ2n) is 5.38. The van der Waals surface area contributed by atoms with E-state index in [9.17, 15) is 13.9 Å². The van der Waals surface area contributed by atoms with E-state index in [4.69, 9.17) is 0 Å². The van der Waals surface area contributed by atoms with E-state index in [1.165, 1.54) is 12.1 Å². The summed E-state index contributed by atoms with van der Waals surface area (Å²) in [6.07, 6.45) is 1.99. The molecule has 1 aliphatic rings. The Hall–Kier alpha value is -1.00. The summed E-state index contributed by atoms with van der Waals surface area (Å²) in [7, 11) is 0. The topological polar surface area (TPSA) is 32.3 Å². The first-order valence-corrected chi connectivity index (χ1v) is 6.27. The second kappa shape index (κ2) is 4.94. The normalized spacial score (nSPS) is 18.7. The van der Waals surface area contributed by atoms with Gasteiger partial charge in [0, 0.05) is 30.2 Å². The van der Waals surface area contributed by atoms with Crippen LogP contribution in [0.15, 0.2) is 12.1 Å². The highest BCUT2D eigenvalue weighted by atomic mass is 19.1. The maximum absolute atomic E-state index is 13.7. The Labute approximate surface area is 106 Å². The van der Waals surface area contributed by atoms with E-state index in [-0.39, 0.29) is 29.7 Å². The van der Waals surface area contributed by atoms with Gasteiger partial charge in [0.2, 0.25) is 0 Å². The molecule has 2 N–H and O–H groups in total. The van der Waals surface area contributed by atoms with Crippen molar-refractivity contribution in [2.45, 2.75) is 32.7 Å². The van der Waals surface area contributed by atoms with Gasteiger partial charge in [-0.2, -0.15) is 0 Å². The molecule has 0 spiro atoms. The lowest BCUT2D eigenvalue weighted by Crippen LogP contribution is -2.29. The number of nitrogens with one attached hydrogen (secondary N) is 1. The van der Waals surface area contributed by atoms with Gasteiger partial charge in [-0.15, -0.1) is 0 Å². The molecular weight excluding hydrogens is 236 g/mol. The van der Waals surface area contributed by atoms with Crippen molar-refractivity contribution in [2.75, 3.05) is 13.2 Å². The van der Waals surface area contributed by atoms with E-state index in [1.807, 2.05) is 0 Å². The summed E-state index contributed by atoms with van der Waals surface area (Å²) in [5, 5.41) is 12.4. The first-order chi connectivity index (χ1) is 8.47. The van der Waals surface area contributed by atoms with Crippen molar-refractivity contribution in [1.29, 1.82) is 0 Å². The zero-order valence-electron chi connectivity index (χ0n) is 10.8. The van der Waals surface area contributed by atoms with Crippen LogP contribution in [0.2, 0.25) is 0 Å². The van der Waals surface area contributed by atoms with Crippen molar-refractivity contribution in [2.24, 2.45) is 5.41 Å². The standard InChI is InChI=1S/C14H19F2NO/c1-9-5-13(16)11(6-12(9)15)10(2)17-7-14(8-18)3-4-14/h5-6,10,17-18H,3-4,7-8H2,1-2H3. The molecule has 1 aromatic rings. The van der Waals surface area contributed by atoms with Gasteiger partial charge in [0.05, 0.1) is 0 Å². The van der Waals surface area contributed by atoms with Gasteiger partial charge in [-0.1, -0.05) is 0 Å². The Morgan fingerprint density at radius 1 is 1.33 bits per heavy atom. The van der Waals surface area contributed by atoms with Gasteiger partial charge >= 0.3 is 0 Å². The number of halogens is 2. The predicted octanol–water partition coefficient (Wildman–Crippen LogP) is 2.70. The van der Waals surface area contributed by atoms with Crippen LogP contribution in [0.3, 0.4) is 0 Å². The van der Waals surface area contributed by atoms with Crippen LogP contribution in [0, 0.1) is 24.0 Å². The zero-order valence-corrected chi connectivity index (χ0v) is 10.8. The van der Waals surface area contributed by atoms with Crippen LogP contribution in [0.4, 0.5) is 8.78 Å². The molecule has 4 heteroatoms. The minimum Gasteiger partial charge on any atom is -0.396 e. The van der Waals surface area contributed by atoms with E-state index in [0.717, 1.165) is 12.8 Å². The Kier molecular flexibility index (Phi) is 3.69. The van der Waals surface area contributed by atoms with Crippen molar-refractivity contribution < 1.29 is 13.9 Å². The van der Waals surface area contributed by atoms with Crippen LogP contribution in [0.1, 0.15) is 36.9 Å². The van der Waals surface area contributed by atoms with Gasteiger partial charge in [-0.3, -0.25) is 0 Å². The van der Waals surface area contributed by atoms with Crippen molar-refractivity contribution in [1.82, 2.24) is 5.32 Å². The van der Waals surface area contributed by atoms with E-state index >= 15 is 0 Å². The molecular formula is C14H19F2NO. The van der Waals surface area contributed by atoms with E-state index < -0.39 is 0 Å². The summed E-state index contributed by atoms with van der Waals surface area (Å²) in [6, 6.07) is 2.21. The Bertz CT molecular complexity index is 444. The lowest BCUT2D eigenvalue weighted by atomic mass is 10.0. The molecule has 0 heterocycles. The fraction of sp³-hybridized carbons (Fsp3) is 0.571. The van der Waals surface area contributed by atoms with Crippen LogP contribution in [0.25, 0.3) is 0 Å². The molecule has 1 fully saturated rings. The lowest BCUT2D eigenvalue weighted by Gasteiger charge is -2.19. The second-order valence-corrected chi connectivity index (χ2v) is 5.38. The van der Waals surface area contributed by atoms with Gasteiger partial charge < -0.3 is 10.4 Å². The summed E-state index contributed by atoms with van der Waals surface area (Å²) < 4.78 is 27.2. The van der Waals surface area contributed by atoms with E-state index in [2.05, 4.69) is 5.32 Å². The Morgan fingerprint density at radius 2 is 2.00 bits per heavy atom. The number of aliphatic hydroxyl groups is 1. The lowest BCUT2D eigenvalue weighted by molar-refractivity contribution is 0.204. The third-order valence-corrected chi connectivity index (χ3v) is 3.82. The van der Waals surface area contributed by atoms with Gasteiger partial charge in [-0.25, -0.2) is 8.78 Å². The molecule has 0 amide bonds. The fourth-order valence-electron chi connectivity index (χ4n) is 2.04. The van der Waals surface area contributed by atoms with Gasteiger partial charge in [0.15, 0.2) is 0 Å². The summed E-state index contributed by atoms with van der Waals surface area (Å²) in [4.78, 5) is 0. The zero-order chi connectivity index (χ0) is 13.3. The van der Waals surface area contributed by atoms with E-state index in [1.54, 1.807) is 13.8 Å². The molecule has 1 atom stereocenters. The van der Waals surface area contributed by atoms with Crippen molar-refractivity contribution in [3.8, 4) is 0 Å². The molecule has 0 aromatic heterocycles. The summed E-state index contributed by atoms with van der Waals surface area (Å²) in [5.41, 5.74) is 0.623. The van der Waals surface area contributed by atoms with E-state index in [0.29, 0.717) is 17.7 Å². The highest BCUT2D eigenvalue weighted by Gasteiger charge is 2.41. The summed E-state index contributed by atoms with van der Waals surface area (Å²) in [5.74, 6) is -0.772. The van der Waals surface area contributed by atoms with Gasteiger partial charge in [0.1, 0.15) is 11.6 Å². The number of aryl methyl sites for hydroxylation is 1. The molecule has 0 radical (unpaired) electrons. The van der Waals surface area contributed by atoms with Gasteiger partial charge in [0.25, 0.3) is 0 Å². The molecule has 1 unspecified atom stereocenters. The molecule has 1 aliphatic carbocycles. The van der Waals surface area contributed by atoms with Crippen LogP contribution in [-0.2, 0) is 0 Å². The molecule has 18 heavy (non-hydrogen) atoms.